The maximum Gasteiger partial charge on any atom is 0.0224 e. The molecule has 1 atom stereocenters. The van der Waals surface area contributed by atoms with Crippen LogP contribution in [0, 0.1) is 11.8 Å². The van der Waals surface area contributed by atoms with Crippen LogP contribution >= 0.6 is 24.8 Å². The highest BCUT2D eigenvalue weighted by atomic mass is 35.5. The zero-order chi connectivity index (χ0) is 10.8. The van der Waals surface area contributed by atoms with Crippen LogP contribution in [0.5, 0.6) is 0 Å². The Kier molecular flexibility index (Phi) is 7.30. The van der Waals surface area contributed by atoms with E-state index in [-0.39, 0.29) is 24.8 Å². The SMILES string of the molecule is C1CCC(CNC2CN3CCC2CC3)CC1.Cl.Cl. The number of rotatable bonds is 3. The molecule has 1 N–H and O–H groups in total. The van der Waals surface area contributed by atoms with E-state index in [1.807, 2.05) is 0 Å². The van der Waals surface area contributed by atoms with Crippen molar-refractivity contribution in [2.45, 2.75) is 51.0 Å². The molecule has 108 valence electrons. The number of fused-ring (bicyclic) bond motifs is 3. The Labute approximate surface area is 124 Å². The molecule has 3 saturated heterocycles. The molecule has 4 fully saturated rings. The average Bonchev–Trinajstić information content (AvgIpc) is 2.39. The number of hydrogen-bond donors (Lipinski definition) is 1. The molecule has 3 heterocycles. The van der Waals surface area contributed by atoms with Gasteiger partial charge in [-0.2, -0.15) is 0 Å². The summed E-state index contributed by atoms with van der Waals surface area (Å²) in [7, 11) is 0. The van der Waals surface area contributed by atoms with Gasteiger partial charge in [-0.15, -0.1) is 24.8 Å². The summed E-state index contributed by atoms with van der Waals surface area (Å²) in [4.78, 5) is 2.65. The third-order valence-corrected chi connectivity index (χ3v) is 5.05. The van der Waals surface area contributed by atoms with E-state index in [2.05, 4.69) is 10.2 Å². The molecule has 2 nitrogen and oxygen atoms in total. The molecule has 0 amide bonds. The topological polar surface area (TPSA) is 15.3 Å². The predicted octanol–water partition coefficient (Wildman–Crippen LogP) is 3.09. The molecule has 2 bridgehead atoms. The molecular formula is C14H28Cl2N2. The number of piperidine rings is 3. The second kappa shape index (κ2) is 7.94. The maximum absolute atomic E-state index is 3.88. The van der Waals surface area contributed by atoms with Crippen LogP contribution in [0.4, 0.5) is 0 Å². The van der Waals surface area contributed by atoms with Crippen LogP contribution in [0.15, 0.2) is 0 Å². The van der Waals surface area contributed by atoms with E-state index >= 15 is 0 Å². The fourth-order valence-corrected chi connectivity index (χ4v) is 3.91. The number of halogens is 2. The van der Waals surface area contributed by atoms with Gasteiger partial charge < -0.3 is 10.2 Å². The van der Waals surface area contributed by atoms with Crippen molar-refractivity contribution in [1.82, 2.24) is 10.2 Å². The summed E-state index contributed by atoms with van der Waals surface area (Å²) >= 11 is 0. The molecule has 1 unspecified atom stereocenters. The Bertz CT molecular complexity index is 224. The molecular weight excluding hydrogens is 267 g/mol. The van der Waals surface area contributed by atoms with Crippen LogP contribution in [0.3, 0.4) is 0 Å². The van der Waals surface area contributed by atoms with Crippen molar-refractivity contribution in [3.63, 3.8) is 0 Å². The zero-order valence-electron chi connectivity index (χ0n) is 11.3. The number of nitrogens with one attached hydrogen (secondary N) is 1. The Morgan fingerprint density at radius 3 is 2.11 bits per heavy atom. The van der Waals surface area contributed by atoms with Crippen LogP contribution < -0.4 is 5.32 Å². The summed E-state index contributed by atoms with van der Waals surface area (Å²) in [5.74, 6) is 1.98. The maximum atomic E-state index is 3.88. The minimum Gasteiger partial charge on any atom is -0.312 e. The molecule has 0 aromatic heterocycles. The van der Waals surface area contributed by atoms with Gasteiger partial charge in [0.15, 0.2) is 0 Å². The normalized spacial score (nSPS) is 35.7. The summed E-state index contributed by atoms with van der Waals surface area (Å²) in [6, 6.07) is 0.824. The molecule has 4 heteroatoms. The molecule has 0 aromatic carbocycles. The minimum atomic E-state index is 0. The zero-order valence-corrected chi connectivity index (χ0v) is 12.9. The van der Waals surface area contributed by atoms with E-state index in [0.717, 1.165) is 17.9 Å². The number of nitrogens with zero attached hydrogens (tertiary/aromatic N) is 1. The van der Waals surface area contributed by atoms with Crippen molar-refractivity contribution in [3.05, 3.63) is 0 Å². The Balaban J connectivity index is 0.000000810. The monoisotopic (exact) mass is 294 g/mol. The summed E-state index contributed by atoms with van der Waals surface area (Å²) in [6.45, 7) is 5.37. The summed E-state index contributed by atoms with van der Waals surface area (Å²) in [5.41, 5.74) is 0. The standard InChI is InChI=1S/C14H26N2.2ClH/c1-2-4-12(5-3-1)10-15-14-11-16-8-6-13(14)7-9-16;;/h12-15H,1-11H2;2*1H. The minimum absolute atomic E-state index is 0. The van der Waals surface area contributed by atoms with E-state index in [0.29, 0.717) is 0 Å². The van der Waals surface area contributed by atoms with Crippen molar-refractivity contribution in [2.24, 2.45) is 11.8 Å². The second-order valence-corrected chi connectivity index (χ2v) is 6.16. The van der Waals surface area contributed by atoms with Gasteiger partial charge in [0.1, 0.15) is 0 Å². The van der Waals surface area contributed by atoms with Crippen molar-refractivity contribution in [1.29, 1.82) is 0 Å². The summed E-state index contributed by atoms with van der Waals surface area (Å²) < 4.78 is 0. The van der Waals surface area contributed by atoms with Crippen molar-refractivity contribution < 1.29 is 0 Å². The lowest BCUT2D eigenvalue weighted by Gasteiger charge is -2.45. The van der Waals surface area contributed by atoms with Crippen molar-refractivity contribution >= 4 is 24.8 Å². The van der Waals surface area contributed by atoms with Gasteiger partial charge >= 0.3 is 0 Å². The Morgan fingerprint density at radius 2 is 1.56 bits per heavy atom. The van der Waals surface area contributed by atoms with Crippen molar-refractivity contribution in [2.75, 3.05) is 26.2 Å². The van der Waals surface area contributed by atoms with Gasteiger partial charge in [-0.05, 0) is 57.2 Å². The van der Waals surface area contributed by atoms with Crippen LogP contribution in [-0.2, 0) is 0 Å². The average molecular weight is 295 g/mol. The number of hydrogen-bond acceptors (Lipinski definition) is 2. The lowest BCUT2D eigenvalue weighted by atomic mass is 9.83. The van der Waals surface area contributed by atoms with E-state index < -0.39 is 0 Å². The molecule has 0 aromatic rings. The van der Waals surface area contributed by atoms with Crippen LogP contribution in [0.2, 0.25) is 0 Å². The first-order valence-corrected chi connectivity index (χ1v) is 7.37. The summed E-state index contributed by atoms with van der Waals surface area (Å²) in [5, 5.41) is 3.88. The fraction of sp³-hybridized carbons (Fsp3) is 1.00. The van der Waals surface area contributed by atoms with Gasteiger partial charge in [0, 0.05) is 12.6 Å². The smallest absolute Gasteiger partial charge is 0.0224 e. The van der Waals surface area contributed by atoms with Gasteiger partial charge in [-0.3, -0.25) is 0 Å². The molecule has 0 spiro atoms. The highest BCUT2D eigenvalue weighted by Crippen LogP contribution is 2.28. The predicted molar refractivity (Wildman–Crippen MR) is 82.0 cm³/mol. The van der Waals surface area contributed by atoms with Crippen LogP contribution in [0.25, 0.3) is 0 Å². The van der Waals surface area contributed by atoms with Crippen LogP contribution in [-0.4, -0.2) is 37.1 Å². The third-order valence-electron chi connectivity index (χ3n) is 5.05. The molecule has 18 heavy (non-hydrogen) atoms. The molecule has 1 saturated carbocycles. The van der Waals surface area contributed by atoms with E-state index in [1.165, 1.54) is 71.1 Å². The third kappa shape index (κ3) is 4.00. The second-order valence-electron chi connectivity index (χ2n) is 6.16. The highest BCUT2D eigenvalue weighted by molar-refractivity contribution is 5.85. The molecule has 1 aliphatic carbocycles. The van der Waals surface area contributed by atoms with Crippen molar-refractivity contribution in [3.8, 4) is 0 Å². The largest absolute Gasteiger partial charge is 0.312 e. The summed E-state index contributed by atoms with van der Waals surface area (Å²) in [6.07, 6.45) is 10.3. The molecule has 4 rings (SSSR count). The van der Waals surface area contributed by atoms with Gasteiger partial charge in [0.25, 0.3) is 0 Å². The molecule has 3 aliphatic heterocycles. The molecule has 0 radical (unpaired) electrons. The highest BCUT2D eigenvalue weighted by Gasteiger charge is 2.33. The van der Waals surface area contributed by atoms with E-state index in [9.17, 15) is 0 Å². The Morgan fingerprint density at radius 1 is 0.889 bits per heavy atom. The first kappa shape index (κ1) is 16.6. The van der Waals surface area contributed by atoms with Gasteiger partial charge in [0.2, 0.25) is 0 Å². The molecule has 4 aliphatic rings. The first-order chi connectivity index (χ1) is 7.92. The van der Waals surface area contributed by atoms with Gasteiger partial charge in [0.05, 0.1) is 0 Å². The van der Waals surface area contributed by atoms with Crippen LogP contribution in [0.1, 0.15) is 44.9 Å². The Hall–Kier alpha value is 0.500. The van der Waals surface area contributed by atoms with Gasteiger partial charge in [-0.25, -0.2) is 0 Å². The lowest BCUT2D eigenvalue weighted by molar-refractivity contribution is 0.0698. The fourth-order valence-electron chi connectivity index (χ4n) is 3.91. The first-order valence-electron chi connectivity index (χ1n) is 7.37. The van der Waals surface area contributed by atoms with E-state index in [4.69, 9.17) is 0 Å². The van der Waals surface area contributed by atoms with Gasteiger partial charge in [-0.1, -0.05) is 19.3 Å². The lowest BCUT2D eigenvalue weighted by Crippen LogP contribution is -2.56. The quantitative estimate of drug-likeness (QED) is 0.860. The van der Waals surface area contributed by atoms with E-state index in [1.54, 1.807) is 0 Å².